The molecule has 0 unspecified atom stereocenters. The monoisotopic (exact) mass is 160 g/mol. The van der Waals surface area contributed by atoms with Crippen molar-refractivity contribution in [3.05, 3.63) is 48.3 Å². The molecule has 0 radical (unpaired) electrons. The van der Waals surface area contributed by atoms with Gasteiger partial charge in [0.15, 0.2) is 0 Å². The number of hydrogen-bond donors (Lipinski definition) is 0. The molecule has 2 atom stereocenters. The summed E-state index contributed by atoms with van der Waals surface area (Å²) in [4.78, 5) is 0. The van der Waals surface area contributed by atoms with Crippen molar-refractivity contribution in [1.29, 1.82) is 0 Å². The van der Waals surface area contributed by atoms with Crippen molar-refractivity contribution in [2.45, 2.75) is 0 Å². The summed E-state index contributed by atoms with van der Waals surface area (Å²) in [5, 5.41) is 0. The van der Waals surface area contributed by atoms with Crippen LogP contribution in [-0.2, 0) is 4.74 Å². The van der Waals surface area contributed by atoms with Crippen molar-refractivity contribution in [1.82, 2.24) is 0 Å². The Kier molecular flexibility index (Phi) is 1.86. The minimum Gasteiger partial charge on any atom is -0.500 e. The first-order valence-electron chi connectivity index (χ1n) is 4.19. The third-order valence-electron chi connectivity index (χ3n) is 2.22. The molecule has 0 aromatic rings. The maximum atomic E-state index is 5.29. The molecule has 0 fully saturated rings. The van der Waals surface area contributed by atoms with Gasteiger partial charge in [-0.1, -0.05) is 36.5 Å². The van der Waals surface area contributed by atoms with Crippen LogP contribution in [0.15, 0.2) is 48.3 Å². The lowest BCUT2D eigenvalue weighted by molar-refractivity contribution is 0.264. The summed E-state index contributed by atoms with van der Waals surface area (Å²) in [6.07, 6.45) is 15.0. The van der Waals surface area contributed by atoms with Gasteiger partial charge < -0.3 is 4.74 Å². The Hall–Kier alpha value is -1.24. The number of methoxy groups -OCH3 is 1. The first-order valence-corrected chi connectivity index (χ1v) is 4.19. The third kappa shape index (κ3) is 1.22. The average molecular weight is 160 g/mol. The minimum absolute atomic E-state index is 0.344. The summed E-state index contributed by atoms with van der Waals surface area (Å²) in [6.45, 7) is 0. The van der Waals surface area contributed by atoms with E-state index in [2.05, 4.69) is 42.5 Å². The van der Waals surface area contributed by atoms with E-state index < -0.39 is 0 Å². The van der Waals surface area contributed by atoms with Gasteiger partial charge in [0.05, 0.1) is 13.0 Å². The predicted octanol–water partition coefficient (Wildman–Crippen LogP) is 2.44. The van der Waals surface area contributed by atoms with Gasteiger partial charge in [-0.05, 0) is 6.08 Å². The Balaban J connectivity index is 2.37. The fourth-order valence-electron chi connectivity index (χ4n) is 1.56. The van der Waals surface area contributed by atoms with E-state index in [-0.39, 0.29) is 0 Å². The van der Waals surface area contributed by atoms with Crippen LogP contribution in [0.5, 0.6) is 0 Å². The molecule has 3 rings (SSSR count). The first kappa shape index (κ1) is 7.41. The zero-order valence-electron chi connectivity index (χ0n) is 7.10. The zero-order valence-corrected chi connectivity index (χ0v) is 7.10. The van der Waals surface area contributed by atoms with Crippen molar-refractivity contribution < 1.29 is 4.74 Å². The van der Waals surface area contributed by atoms with Crippen LogP contribution in [0.4, 0.5) is 0 Å². The van der Waals surface area contributed by atoms with Crippen molar-refractivity contribution in [2.75, 3.05) is 7.11 Å². The lowest BCUT2D eigenvalue weighted by atomic mass is 9.91. The number of hydrogen-bond acceptors (Lipinski definition) is 1. The summed E-state index contributed by atoms with van der Waals surface area (Å²) in [7, 11) is 1.73. The SMILES string of the molecule is COC1=C[C@@H]2C=CC=C[C@@H]1C=C2. The van der Waals surface area contributed by atoms with E-state index in [0.717, 1.165) is 5.76 Å². The van der Waals surface area contributed by atoms with Gasteiger partial charge in [0.2, 0.25) is 0 Å². The largest absolute Gasteiger partial charge is 0.500 e. The molecule has 0 aromatic carbocycles. The first-order chi connectivity index (χ1) is 5.90. The average Bonchev–Trinajstić information content (AvgIpc) is 2.05. The lowest BCUT2D eigenvalue weighted by Gasteiger charge is -2.20. The van der Waals surface area contributed by atoms with Gasteiger partial charge in [0.25, 0.3) is 0 Å². The highest BCUT2D eigenvalue weighted by Gasteiger charge is 2.15. The van der Waals surface area contributed by atoms with Crippen LogP contribution in [0.3, 0.4) is 0 Å². The van der Waals surface area contributed by atoms with Gasteiger partial charge >= 0.3 is 0 Å². The van der Waals surface area contributed by atoms with Crippen LogP contribution in [0.1, 0.15) is 0 Å². The fourth-order valence-corrected chi connectivity index (χ4v) is 1.56. The minimum atomic E-state index is 0.344. The van der Waals surface area contributed by atoms with E-state index in [1.54, 1.807) is 7.11 Å². The van der Waals surface area contributed by atoms with Gasteiger partial charge in [-0.3, -0.25) is 0 Å². The number of rotatable bonds is 1. The van der Waals surface area contributed by atoms with Gasteiger partial charge in [-0.15, -0.1) is 0 Å². The molecule has 62 valence electrons. The van der Waals surface area contributed by atoms with Gasteiger partial charge in [-0.2, -0.15) is 0 Å². The van der Waals surface area contributed by atoms with Crippen molar-refractivity contribution >= 4 is 0 Å². The van der Waals surface area contributed by atoms with Crippen LogP contribution in [-0.4, -0.2) is 7.11 Å². The van der Waals surface area contributed by atoms with E-state index in [1.807, 2.05) is 0 Å². The number of fused-ring (bicyclic) bond motifs is 1. The van der Waals surface area contributed by atoms with Crippen LogP contribution in [0, 0.1) is 11.8 Å². The van der Waals surface area contributed by atoms with E-state index in [0.29, 0.717) is 11.8 Å². The molecule has 2 bridgehead atoms. The molecule has 0 saturated carbocycles. The van der Waals surface area contributed by atoms with Crippen LogP contribution < -0.4 is 0 Å². The second kappa shape index (κ2) is 3.02. The van der Waals surface area contributed by atoms with E-state index in [9.17, 15) is 0 Å². The van der Waals surface area contributed by atoms with Crippen LogP contribution >= 0.6 is 0 Å². The molecular weight excluding hydrogens is 148 g/mol. The Morgan fingerprint density at radius 1 is 1.08 bits per heavy atom. The van der Waals surface area contributed by atoms with Crippen LogP contribution in [0.2, 0.25) is 0 Å². The van der Waals surface area contributed by atoms with Crippen molar-refractivity contribution in [3.63, 3.8) is 0 Å². The van der Waals surface area contributed by atoms with E-state index >= 15 is 0 Å². The zero-order chi connectivity index (χ0) is 8.39. The highest BCUT2D eigenvalue weighted by atomic mass is 16.5. The standard InChI is InChI=1S/C11H12O/c1-12-11-8-9-4-2-3-5-10(11)7-6-9/h2-10H,1H3/t9-,10-/m1/s1. The number of allylic oxidation sites excluding steroid dienone is 6. The second-order valence-electron chi connectivity index (χ2n) is 3.03. The van der Waals surface area contributed by atoms with E-state index in [4.69, 9.17) is 4.74 Å². The van der Waals surface area contributed by atoms with E-state index in [1.165, 1.54) is 0 Å². The highest BCUT2D eigenvalue weighted by Crippen LogP contribution is 2.26. The molecule has 3 aliphatic rings. The molecule has 12 heavy (non-hydrogen) atoms. The highest BCUT2D eigenvalue weighted by molar-refractivity contribution is 5.31. The summed E-state index contributed by atoms with van der Waals surface area (Å²) in [5.74, 6) is 1.82. The molecule has 0 N–H and O–H groups in total. The Morgan fingerprint density at radius 3 is 2.75 bits per heavy atom. The normalized spacial score (nSPS) is 31.2. The third-order valence-corrected chi connectivity index (χ3v) is 2.22. The Labute approximate surface area is 72.7 Å². The molecule has 0 aliphatic heterocycles. The Morgan fingerprint density at radius 2 is 1.92 bits per heavy atom. The lowest BCUT2D eigenvalue weighted by Crippen LogP contribution is -2.08. The van der Waals surface area contributed by atoms with Gasteiger partial charge in [0, 0.05) is 5.92 Å². The smallest absolute Gasteiger partial charge is 0.103 e. The summed E-state index contributed by atoms with van der Waals surface area (Å²) < 4.78 is 5.29. The van der Waals surface area contributed by atoms with Crippen molar-refractivity contribution in [2.24, 2.45) is 11.8 Å². The van der Waals surface area contributed by atoms with Crippen molar-refractivity contribution in [3.8, 4) is 0 Å². The molecule has 0 amide bonds. The maximum absolute atomic E-state index is 5.29. The second-order valence-corrected chi connectivity index (χ2v) is 3.03. The maximum Gasteiger partial charge on any atom is 0.103 e. The molecule has 0 heterocycles. The summed E-state index contributed by atoms with van der Waals surface area (Å²) in [6, 6.07) is 0. The molecule has 0 saturated heterocycles. The molecule has 0 spiro atoms. The molecule has 0 aromatic heterocycles. The number of ether oxygens (including phenoxy) is 1. The molecule has 3 aliphatic carbocycles. The predicted molar refractivity (Wildman–Crippen MR) is 49.5 cm³/mol. The quantitative estimate of drug-likeness (QED) is 0.535. The Bertz CT molecular complexity index is 281. The van der Waals surface area contributed by atoms with Gasteiger partial charge in [-0.25, -0.2) is 0 Å². The molecule has 1 nitrogen and oxygen atoms in total. The van der Waals surface area contributed by atoms with Crippen LogP contribution in [0.25, 0.3) is 0 Å². The summed E-state index contributed by atoms with van der Waals surface area (Å²) in [5.41, 5.74) is 0. The topological polar surface area (TPSA) is 9.23 Å². The summed E-state index contributed by atoms with van der Waals surface area (Å²) >= 11 is 0. The molecular formula is C11H12O. The molecule has 1 heteroatoms. The fraction of sp³-hybridized carbons (Fsp3) is 0.273. The van der Waals surface area contributed by atoms with Gasteiger partial charge in [0.1, 0.15) is 5.76 Å².